The summed E-state index contributed by atoms with van der Waals surface area (Å²) in [7, 11) is 0. The number of thiophene rings is 1. The molecule has 1 aromatic carbocycles. The summed E-state index contributed by atoms with van der Waals surface area (Å²) in [4.78, 5) is 41.8. The molecule has 28 heavy (non-hydrogen) atoms. The second kappa shape index (κ2) is 8.12. The van der Waals surface area contributed by atoms with E-state index in [9.17, 15) is 19.5 Å². The molecule has 0 radical (unpaired) electrons. The number of benzene rings is 1. The molecule has 1 amide bonds. The highest BCUT2D eigenvalue weighted by Crippen LogP contribution is 2.23. The number of amides is 1. The SMILES string of the molecule is CCCc1nc2scc(C(=O)O)c2c(=O)n1CC(=O)Nc1cc(Cl)ccc1C. The molecule has 0 bridgehead atoms. The van der Waals surface area contributed by atoms with Gasteiger partial charge in [0, 0.05) is 22.5 Å². The van der Waals surface area contributed by atoms with Gasteiger partial charge >= 0.3 is 5.97 Å². The number of nitrogens with one attached hydrogen (secondary N) is 1. The molecule has 2 aromatic heterocycles. The Morgan fingerprint density at radius 1 is 1.36 bits per heavy atom. The van der Waals surface area contributed by atoms with E-state index < -0.39 is 17.4 Å². The van der Waals surface area contributed by atoms with Crippen LogP contribution in [0.2, 0.25) is 5.02 Å². The summed E-state index contributed by atoms with van der Waals surface area (Å²) < 4.78 is 1.25. The predicted molar refractivity (Wildman–Crippen MR) is 110 cm³/mol. The van der Waals surface area contributed by atoms with Gasteiger partial charge in [-0.15, -0.1) is 11.3 Å². The molecule has 0 saturated carbocycles. The van der Waals surface area contributed by atoms with E-state index in [0.29, 0.717) is 27.8 Å². The number of carbonyl (C=O) groups excluding carboxylic acids is 1. The molecule has 0 aliphatic heterocycles. The molecule has 3 aromatic rings. The normalized spacial score (nSPS) is 11.0. The first kappa shape index (κ1) is 20.0. The number of carboxylic acid groups (broad SMARTS) is 1. The third kappa shape index (κ3) is 3.93. The summed E-state index contributed by atoms with van der Waals surface area (Å²) in [5.74, 6) is -1.16. The standard InChI is InChI=1S/C19H18ClN3O4S/c1-3-4-14-22-17-16(12(9-28-17)19(26)27)18(25)23(14)8-15(24)21-13-7-11(20)6-5-10(13)2/h5-7,9H,3-4,8H2,1-2H3,(H,21,24)(H,26,27). The lowest BCUT2D eigenvalue weighted by atomic mass is 10.2. The first-order chi connectivity index (χ1) is 13.3. The Hall–Kier alpha value is -2.71. The maximum absolute atomic E-state index is 13.0. The molecule has 0 spiro atoms. The molecule has 9 heteroatoms. The smallest absolute Gasteiger partial charge is 0.337 e. The lowest BCUT2D eigenvalue weighted by molar-refractivity contribution is -0.116. The minimum atomic E-state index is -1.20. The fraction of sp³-hybridized carbons (Fsp3) is 0.263. The second-order valence-electron chi connectivity index (χ2n) is 6.31. The van der Waals surface area contributed by atoms with Crippen molar-refractivity contribution in [3.05, 3.63) is 55.9 Å². The predicted octanol–water partition coefficient (Wildman–Crippen LogP) is 3.71. The van der Waals surface area contributed by atoms with Crippen molar-refractivity contribution in [2.75, 3.05) is 5.32 Å². The van der Waals surface area contributed by atoms with Crippen molar-refractivity contribution in [3.8, 4) is 0 Å². The number of rotatable bonds is 6. The van der Waals surface area contributed by atoms with E-state index in [4.69, 9.17) is 11.6 Å². The number of carbonyl (C=O) groups is 2. The Morgan fingerprint density at radius 3 is 2.79 bits per heavy atom. The number of halogens is 1. The molecule has 7 nitrogen and oxygen atoms in total. The Kier molecular flexibility index (Phi) is 5.81. The molecular weight excluding hydrogens is 402 g/mol. The van der Waals surface area contributed by atoms with E-state index in [0.717, 1.165) is 23.3 Å². The molecule has 0 aliphatic carbocycles. The molecule has 146 valence electrons. The van der Waals surface area contributed by atoms with Crippen LogP contribution in [0.5, 0.6) is 0 Å². The monoisotopic (exact) mass is 419 g/mol. The molecular formula is C19H18ClN3O4S. The van der Waals surface area contributed by atoms with E-state index in [1.54, 1.807) is 18.2 Å². The van der Waals surface area contributed by atoms with Crippen molar-refractivity contribution >= 4 is 50.7 Å². The van der Waals surface area contributed by atoms with Gasteiger partial charge in [-0.1, -0.05) is 24.6 Å². The Balaban J connectivity index is 2.01. The molecule has 0 unspecified atom stereocenters. The summed E-state index contributed by atoms with van der Waals surface area (Å²) in [6.45, 7) is 3.50. The van der Waals surface area contributed by atoms with Gasteiger partial charge in [0.1, 0.15) is 17.2 Å². The molecule has 0 fully saturated rings. The van der Waals surface area contributed by atoms with E-state index in [2.05, 4.69) is 10.3 Å². The number of nitrogens with zero attached hydrogens (tertiary/aromatic N) is 2. The topological polar surface area (TPSA) is 101 Å². The van der Waals surface area contributed by atoms with E-state index in [-0.39, 0.29) is 17.5 Å². The number of aryl methyl sites for hydroxylation is 2. The van der Waals surface area contributed by atoms with Crippen LogP contribution < -0.4 is 10.9 Å². The van der Waals surface area contributed by atoms with Gasteiger partial charge in [0.25, 0.3) is 5.56 Å². The molecule has 2 N–H and O–H groups in total. The van der Waals surface area contributed by atoms with Crippen molar-refractivity contribution in [2.24, 2.45) is 0 Å². The third-order valence-electron chi connectivity index (χ3n) is 4.25. The largest absolute Gasteiger partial charge is 0.478 e. The summed E-state index contributed by atoms with van der Waals surface area (Å²) in [5, 5.41) is 14.0. The highest BCUT2D eigenvalue weighted by molar-refractivity contribution is 7.17. The maximum atomic E-state index is 13.0. The minimum absolute atomic E-state index is 0.0316. The van der Waals surface area contributed by atoms with E-state index in [1.807, 2.05) is 13.8 Å². The summed E-state index contributed by atoms with van der Waals surface area (Å²) in [6, 6.07) is 5.14. The van der Waals surface area contributed by atoms with Gasteiger partial charge in [0.15, 0.2) is 0 Å². The van der Waals surface area contributed by atoms with Gasteiger partial charge in [-0.25, -0.2) is 9.78 Å². The van der Waals surface area contributed by atoms with E-state index >= 15 is 0 Å². The zero-order chi connectivity index (χ0) is 20.4. The maximum Gasteiger partial charge on any atom is 0.337 e. The van der Waals surface area contributed by atoms with Crippen molar-refractivity contribution in [3.63, 3.8) is 0 Å². The molecule has 3 rings (SSSR count). The van der Waals surface area contributed by atoms with Gasteiger partial charge in [-0.2, -0.15) is 0 Å². The van der Waals surface area contributed by atoms with Crippen LogP contribution in [0.25, 0.3) is 10.2 Å². The van der Waals surface area contributed by atoms with Gasteiger partial charge < -0.3 is 10.4 Å². The Labute approximate surface area is 169 Å². The summed E-state index contributed by atoms with van der Waals surface area (Å²) in [6.07, 6.45) is 1.22. The zero-order valence-corrected chi connectivity index (χ0v) is 16.9. The van der Waals surface area contributed by atoms with Crippen molar-refractivity contribution in [1.82, 2.24) is 9.55 Å². The highest BCUT2D eigenvalue weighted by Gasteiger charge is 2.20. The summed E-state index contributed by atoms with van der Waals surface area (Å²) >= 11 is 7.09. The van der Waals surface area contributed by atoms with Crippen LogP contribution in [0.15, 0.2) is 28.4 Å². The molecule has 0 aliphatic rings. The Morgan fingerprint density at radius 2 is 2.11 bits per heavy atom. The van der Waals surface area contributed by atoms with Crippen LogP contribution in [-0.4, -0.2) is 26.5 Å². The lowest BCUT2D eigenvalue weighted by Gasteiger charge is -2.13. The van der Waals surface area contributed by atoms with Crippen LogP contribution in [0.1, 0.15) is 35.1 Å². The van der Waals surface area contributed by atoms with Gasteiger partial charge in [-0.3, -0.25) is 14.2 Å². The quantitative estimate of drug-likeness (QED) is 0.634. The average molecular weight is 420 g/mol. The molecule has 2 heterocycles. The summed E-state index contributed by atoms with van der Waals surface area (Å²) in [5.41, 5.74) is 0.766. The van der Waals surface area contributed by atoms with Crippen LogP contribution in [-0.2, 0) is 17.8 Å². The number of aromatic carboxylic acids is 1. The number of hydrogen-bond acceptors (Lipinski definition) is 5. The van der Waals surface area contributed by atoms with Crippen molar-refractivity contribution < 1.29 is 14.7 Å². The van der Waals surface area contributed by atoms with Crippen LogP contribution in [0.4, 0.5) is 5.69 Å². The van der Waals surface area contributed by atoms with Gasteiger partial charge in [0.2, 0.25) is 5.91 Å². The number of aromatic nitrogens is 2. The van der Waals surface area contributed by atoms with Crippen LogP contribution in [0.3, 0.4) is 0 Å². The number of hydrogen-bond donors (Lipinski definition) is 2. The average Bonchev–Trinajstić information content (AvgIpc) is 3.06. The van der Waals surface area contributed by atoms with E-state index in [1.165, 1.54) is 9.95 Å². The number of carboxylic acids is 1. The van der Waals surface area contributed by atoms with Crippen LogP contribution in [0, 0.1) is 6.92 Å². The van der Waals surface area contributed by atoms with Gasteiger partial charge in [-0.05, 0) is 31.0 Å². The van der Waals surface area contributed by atoms with Crippen molar-refractivity contribution in [1.29, 1.82) is 0 Å². The van der Waals surface area contributed by atoms with Crippen LogP contribution >= 0.6 is 22.9 Å². The minimum Gasteiger partial charge on any atom is -0.478 e. The first-order valence-electron chi connectivity index (χ1n) is 8.62. The Bertz CT molecular complexity index is 1140. The second-order valence-corrected chi connectivity index (χ2v) is 7.61. The third-order valence-corrected chi connectivity index (χ3v) is 5.36. The van der Waals surface area contributed by atoms with Gasteiger partial charge in [0.05, 0.1) is 10.9 Å². The van der Waals surface area contributed by atoms with Crippen molar-refractivity contribution in [2.45, 2.75) is 33.2 Å². The number of anilines is 1. The lowest BCUT2D eigenvalue weighted by Crippen LogP contribution is -2.31. The first-order valence-corrected chi connectivity index (χ1v) is 9.87. The molecule has 0 saturated heterocycles. The number of fused-ring (bicyclic) bond motifs is 1. The fourth-order valence-electron chi connectivity index (χ4n) is 2.86. The fourth-order valence-corrected chi connectivity index (χ4v) is 3.96. The zero-order valence-electron chi connectivity index (χ0n) is 15.3. The highest BCUT2D eigenvalue weighted by atomic mass is 35.5. The molecule has 0 atom stereocenters.